The molecule has 0 bridgehead atoms. The van der Waals surface area contributed by atoms with E-state index in [0.717, 1.165) is 53.3 Å². The van der Waals surface area contributed by atoms with Gasteiger partial charge in [0.05, 0.1) is 17.4 Å². The van der Waals surface area contributed by atoms with E-state index in [-0.39, 0.29) is 11.9 Å². The van der Waals surface area contributed by atoms with Crippen LogP contribution >= 0.6 is 22.9 Å². The number of hydrogen-bond acceptors (Lipinski definition) is 7. The monoisotopic (exact) mass is 474 g/mol. The van der Waals surface area contributed by atoms with Crippen LogP contribution in [0, 0.1) is 6.92 Å². The van der Waals surface area contributed by atoms with Crippen LogP contribution < -0.4 is 10.1 Å². The molecule has 1 N–H and O–H groups in total. The quantitative estimate of drug-likeness (QED) is 0.553. The lowest BCUT2D eigenvalue weighted by Gasteiger charge is -2.32. The number of nitrogens with zero attached hydrogens (tertiary/aromatic N) is 3. The van der Waals surface area contributed by atoms with E-state index in [9.17, 15) is 4.79 Å². The minimum Gasteiger partial charge on any atom is -0.480 e. The molecule has 0 saturated carbocycles. The summed E-state index contributed by atoms with van der Waals surface area (Å²) in [5, 5.41) is 4.77. The summed E-state index contributed by atoms with van der Waals surface area (Å²) in [5.74, 6) is 0.959. The highest BCUT2D eigenvalue weighted by Gasteiger charge is 2.25. The number of thiophene rings is 1. The zero-order chi connectivity index (χ0) is 22.7. The van der Waals surface area contributed by atoms with Crippen LogP contribution in [-0.2, 0) is 17.9 Å². The largest absolute Gasteiger partial charge is 0.480 e. The highest BCUT2D eigenvalue weighted by Crippen LogP contribution is 2.35. The van der Waals surface area contributed by atoms with Crippen molar-refractivity contribution >= 4 is 39.1 Å². The maximum atomic E-state index is 13.1. The van der Waals surface area contributed by atoms with Gasteiger partial charge in [-0.05, 0) is 43.0 Å². The second-order valence-electron chi connectivity index (χ2n) is 7.97. The van der Waals surface area contributed by atoms with E-state index in [0.29, 0.717) is 23.2 Å². The number of carbonyl (C=O) groups excluding carboxylic acids is 1. The fraction of sp³-hybridized carbons (Fsp3) is 0.435. The normalized spacial score (nSPS) is 15.2. The Balaban J connectivity index is 1.41. The number of piperidine rings is 1. The number of fused-ring (bicyclic) bond motifs is 1. The van der Waals surface area contributed by atoms with Crippen LogP contribution in [-0.4, -0.2) is 54.1 Å². The van der Waals surface area contributed by atoms with Gasteiger partial charge in [-0.2, -0.15) is 4.98 Å². The third-order valence-electron chi connectivity index (χ3n) is 5.72. The van der Waals surface area contributed by atoms with Gasteiger partial charge in [0.15, 0.2) is 5.82 Å². The maximum Gasteiger partial charge on any atom is 0.261 e. The number of ether oxygens (including phenoxy) is 2. The lowest BCUT2D eigenvalue weighted by Crippen LogP contribution is -2.44. The van der Waals surface area contributed by atoms with Gasteiger partial charge in [0, 0.05) is 37.8 Å². The zero-order valence-electron chi connectivity index (χ0n) is 18.5. The summed E-state index contributed by atoms with van der Waals surface area (Å²) in [5.41, 5.74) is 2.10. The molecule has 0 atom stereocenters. The van der Waals surface area contributed by atoms with Gasteiger partial charge >= 0.3 is 0 Å². The van der Waals surface area contributed by atoms with Crippen LogP contribution in [0.15, 0.2) is 24.3 Å². The number of likely N-dealkylation sites (tertiary alicyclic amines) is 1. The number of hydrogen-bond donors (Lipinski definition) is 1. The van der Waals surface area contributed by atoms with Crippen LogP contribution in [0.5, 0.6) is 5.88 Å². The average Bonchev–Trinajstić information content (AvgIpc) is 3.13. The zero-order valence-corrected chi connectivity index (χ0v) is 20.1. The minimum absolute atomic E-state index is 0.0583. The standard InChI is InChI=1S/C23H27ClN4O3S/c1-14-19-22(31-3)26-18(13-30-2)27-23(19)32-20(14)21(29)25-17-8-10-28(11-9-17)12-15-4-6-16(24)7-5-15/h4-7,17H,8-13H2,1-3H3,(H,25,29). The molecule has 2 aromatic heterocycles. The Bertz CT molecular complexity index is 1090. The molecule has 170 valence electrons. The first kappa shape index (κ1) is 22.9. The Kier molecular flexibility index (Phi) is 7.25. The molecule has 0 radical (unpaired) electrons. The number of methoxy groups -OCH3 is 2. The van der Waals surface area contributed by atoms with Crippen molar-refractivity contribution < 1.29 is 14.3 Å². The van der Waals surface area contributed by atoms with Crippen molar-refractivity contribution in [3.63, 3.8) is 0 Å². The molecule has 32 heavy (non-hydrogen) atoms. The molecule has 0 unspecified atom stereocenters. The van der Waals surface area contributed by atoms with Gasteiger partial charge in [-0.3, -0.25) is 9.69 Å². The van der Waals surface area contributed by atoms with E-state index in [4.69, 9.17) is 21.1 Å². The number of nitrogens with one attached hydrogen (secondary N) is 1. The topological polar surface area (TPSA) is 76.6 Å². The van der Waals surface area contributed by atoms with Crippen molar-refractivity contribution in [3.8, 4) is 5.88 Å². The van der Waals surface area contributed by atoms with Gasteiger partial charge in [-0.25, -0.2) is 4.98 Å². The number of amides is 1. The van der Waals surface area contributed by atoms with Crippen LogP contribution in [0.4, 0.5) is 0 Å². The van der Waals surface area contributed by atoms with E-state index in [2.05, 4.69) is 32.3 Å². The van der Waals surface area contributed by atoms with Crippen LogP contribution in [0.2, 0.25) is 5.02 Å². The molecule has 0 spiro atoms. The van der Waals surface area contributed by atoms with Gasteiger partial charge in [0.2, 0.25) is 5.88 Å². The molecule has 7 nitrogen and oxygen atoms in total. The van der Waals surface area contributed by atoms with Gasteiger partial charge in [0.1, 0.15) is 11.4 Å². The predicted molar refractivity (Wildman–Crippen MR) is 127 cm³/mol. The minimum atomic E-state index is -0.0583. The number of aromatic nitrogens is 2. The molecule has 1 aliphatic rings. The molecule has 1 aromatic carbocycles. The molecule has 1 amide bonds. The molecule has 1 fully saturated rings. The van der Waals surface area contributed by atoms with Crippen molar-refractivity contribution in [1.29, 1.82) is 0 Å². The van der Waals surface area contributed by atoms with Crippen LogP contribution in [0.25, 0.3) is 10.2 Å². The third-order valence-corrected chi connectivity index (χ3v) is 7.15. The number of aryl methyl sites for hydroxylation is 1. The lowest BCUT2D eigenvalue weighted by molar-refractivity contribution is 0.0912. The molecule has 1 aliphatic heterocycles. The summed E-state index contributed by atoms with van der Waals surface area (Å²) >= 11 is 7.35. The SMILES string of the molecule is COCc1nc(OC)c2c(C)c(C(=O)NC3CCN(Cc4ccc(Cl)cc4)CC3)sc2n1. The molecule has 3 heterocycles. The fourth-order valence-electron chi connectivity index (χ4n) is 4.04. The lowest BCUT2D eigenvalue weighted by atomic mass is 10.0. The summed E-state index contributed by atoms with van der Waals surface area (Å²) in [4.78, 5) is 25.8. The third kappa shape index (κ3) is 5.04. The number of halogens is 1. The Hall–Kier alpha value is -2.26. The van der Waals surface area contributed by atoms with E-state index in [1.807, 2.05) is 19.1 Å². The van der Waals surface area contributed by atoms with Crippen molar-refractivity contribution in [2.75, 3.05) is 27.3 Å². The van der Waals surface area contributed by atoms with Gasteiger partial charge < -0.3 is 14.8 Å². The molecular weight excluding hydrogens is 448 g/mol. The number of benzene rings is 1. The highest BCUT2D eigenvalue weighted by molar-refractivity contribution is 7.20. The molecule has 4 rings (SSSR count). The van der Waals surface area contributed by atoms with E-state index in [1.165, 1.54) is 16.9 Å². The van der Waals surface area contributed by atoms with Crippen molar-refractivity contribution in [2.45, 2.75) is 39.0 Å². The van der Waals surface area contributed by atoms with Gasteiger partial charge in [0.25, 0.3) is 5.91 Å². The van der Waals surface area contributed by atoms with Gasteiger partial charge in [-0.15, -0.1) is 11.3 Å². The Morgan fingerprint density at radius 2 is 1.94 bits per heavy atom. The first-order valence-electron chi connectivity index (χ1n) is 10.6. The molecule has 1 saturated heterocycles. The summed E-state index contributed by atoms with van der Waals surface area (Å²) in [6.45, 7) is 5.00. The molecular formula is C23H27ClN4O3S. The molecule has 3 aromatic rings. The summed E-state index contributed by atoms with van der Waals surface area (Å²) in [6.07, 6.45) is 1.84. The first-order valence-corrected chi connectivity index (χ1v) is 11.8. The fourth-order valence-corrected chi connectivity index (χ4v) is 5.26. The Morgan fingerprint density at radius 1 is 1.22 bits per heavy atom. The maximum absolute atomic E-state index is 13.1. The Morgan fingerprint density at radius 3 is 2.59 bits per heavy atom. The average molecular weight is 475 g/mol. The Labute approximate surface area is 196 Å². The van der Waals surface area contributed by atoms with Crippen molar-refractivity contribution in [3.05, 3.63) is 51.1 Å². The first-order chi connectivity index (χ1) is 15.5. The van der Waals surface area contributed by atoms with E-state index in [1.54, 1.807) is 14.2 Å². The second kappa shape index (κ2) is 10.1. The van der Waals surface area contributed by atoms with Gasteiger partial charge in [-0.1, -0.05) is 23.7 Å². The van der Waals surface area contributed by atoms with Crippen molar-refractivity contribution in [1.82, 2.24) is 20.2 Å². The highest BCUT2D eigenvalue weighted by atomic mass is 35.5. The van der Waals surface area contributed by atoms with E-state index >= 15 is 0 Å². The summed E-state index contributed by atoms with van der Waals surface area (Å²) < 4.78 is 10.6. The van der Waals surface area contributed by atoms with E-state index < -0.39 is 0 Å². The van der Waals surface area contributed by atoms with Crippen LogP contribution in [0.3, 0.4) is 0 Å². The molecule has 0 aliphatic carbocycles. The smallest absolute Gasteiger partial charge is 0.261 e. The number of rotatable bonds is 7. The van der Waals surface area contributed by atoms with Crippen molar-refractivity contribution in [2.24, 2.45) is 0 Å². The predicted octanol–water partition coefficient (Wildman–Crippen LogP) is 4.20. The van der Waals surface area contributed by atoms with Crippen LogP contribution in [0.1, 0.15) is 39.5 Å². The number of carbonyl (C=O) groups is 1. The summed E-state index contributed by atoms with van der Waals surface area (Å²) in [6, 6.07) is 8.14. The summed E-state index contributed by atoms with van der Waals surface area (Å²) in [7, 11) is 3.17. The second-order valence-corrected chi connectivity index (χ2v) is 9.40. The molecule has 9 heteroatoms.